The lowest BCUT2D eigenvalue weighted by atomic mass is 9.72. The highest BCUT2D eigenvalue weighted by Gasteiger charge is 2.42. The Morgan fingerprint density at radius 1 is 1.53 bits per heavy atom. The van der Waals surface area contributed by atoms with Gasteiger partial charge in [0.15, 0.2) is 5.78 Å². The van der Waals surface area contributed by atoms with E-state index in [2.05, 4.69) is 0 Å². The van der Waals surface area contributed by atoms with Gasteiger partial charge in [-0.3, -0.25) is 4.79 Å². The number of Topliss-reactive ketones (excluding diaryl/α,β-unsaturated/α-hetero) is 1. The maximum absolute atomic E-state index is 14.0. The van der Waals surface area contributed by atoms with Crippen molar-refractivity contribution in [2.75, 3.05) is 0 Å². The number of carbonyl (C=O) groups is 1. The Labute approximate surface area is 105 Å². The van der Waals surface area contributed by atoms with Crippen molar-refractivity contribution in [3.8, 4) is 0 Å². The Hall–Kier alpha value is -0.930. The lowest BCUT2D eigenvalue weighted by molar-refractivity contribution is -0.127. The molecule has 92 valence electrons. The summed E-state index contributed by atoms with van der Waals surface area (Å²) in [5.74, 6) is -0.355. The highest BCUT2D eigenvalue weighted by Crippen LogP contribution is 2.37. The van der Waals surface area contributed by atoms with Crippen molar-refractivity contribution < 1.29 is 9.18 Å². The number of rotatable bonds is 1. The van der Waals surface area contributed by atoms with Gasteiger partial charge in [-0.05, 0) is 24.8 Å². The molecule has 2 N–H and O–H groups in total. The van der Waals surface area contributed by atoms with Crippen molar-refractivity contribution in [3.05, 3.63) is 34.6 Å². The van der Waals surface area contributed by atoms with Crippen LogP contribution >= 0.6 is 11.6 Å². The van der Waals surface area contributed by atoms with E-state index < -0.39 is 11.4 Å². The summed E-state index contributed by atoms with van der Waals surface area (Å²) >= 11 is 5.74. The normalized spacial score (nSPS) is 29.4. The number of benzene rings is 1. The number of hydrogen-bond donors (Lipinski definition) is 1. The van der Waals surface area contributed by atoms with Gasteiger partial charge >= 0.3 is 0 Å². The topological polar surface area (TPSA) is 43.1 Å². The van der Waals surface area contributed by atoms with Crippen LogP contribution in [0.5, 0.6) is 0 Å². The Morgan fingerprint density at radius 3 is 2.94 bits per heavy atom. The van der Waals surface area contributed by atoms with Gasteiger partial charge in [-0.25, -0.2) is 4.39 Å². The minimum Gasteiger partial charge on any atom is -0.315 e. The Balaban J connectivity index is 2.49. The molecule has 1 aliphatic rings. The van der Waals surface area contributed by atoms with Crippen LogP contribution in [0.4, 0.5) is 4.39 Å². The van der Waals surface area contributed by atoms with Crippen molar-refractivity contribution in [1.82, 2.24) is 0 Å². The first kappa shape index (κ1) is 12.5. The van der Waals surface area contributed by atoms with Crippen molar-refractivity contribution in [2.45, 2.75) is 31.7 Å². The summed E-state index contributed by atoms with van der Waals surface area (Å²) in [6.45, 7) is 2.02. The van der Waals surface area contributed by atoms with Crippen LogP contribution in [0.15, 0.2) is 18.2 Å². The van der Waals surface area contributed by atoms with E-state index in [4.69, 9.17) is 17.3 Å². The van der Waals surface area contributed by atoms with E-state index in [1.807, 2.05) is 6.92 Å². The molecule has 1 aromatic carbocycles. The minimum atomic E-state index is -1.22. The molecule has 0 spiro atoms. The van der Waals surface area contributed by atoms with Crippen molar-refractivity contribution in [3.63, 3.8) is 0 Å². The molecule has 2 nitrogen and oxygen atoms in total. The quantitative estimate of drug-likeness (QED) is 0.838. The fourth-order valence-corrected chi connectivity index (χ4v) is 2.65. The van der Waals surface area contributed by atoms with Crippen LogP contribution in [-0.2, 0) is 10.3 Å². The van der Waals surface area contributed by atoms with Crippen LogP contribution in [0.3, 0.4) is 0 Å². The van der Waals surface area contributed by atoms with E-state index in [9.17, 15) is 9.18 Å². The molecule has 4 heteroatoms. The average Bonchev–Trinajstić information content (AvgIpc) is 2.28. The van der Waals surface area contributed by atoms with Crippen LogP contribution in [0.1, 0.15) is 31.7 Å². The molecule has 17 heavy (non-hydrogen) atoms. The standard InChI is InChI=1S/C13H15ClFNO/c1-8-5-6-11(17)13(16,7-8)9-3-2-4-10(14)12(9)15/h2-4,8H,5-7,16H2,1H3/t8-,13?/m0/s1. The van der Waals surface area contributed by atoms with Crippen LogP contribution in [-0.4, -0.2) is 5.78 Å². The van der Waals surface area contributed by atoms with Gasteiger partial charge in [0.1, 0.15) is 11.4 Å². The zero-order valence-electron chi connectivity index (χ0n) is 9.67. The lowest BCUT2D eigenvalue weighted by Gasteiger charge is -2.35. The van der Waals surface area contributed by atoms with E-state index in [0.717, 1.165) is 6.42 Å². The van der Waals surface area contributed by atoms with Crippen molar-refractivity contribution in [1.29, 1.82) is 0 Å². The molecule has 0 aromatic heterocycles. The first-order valence-electron chi connectivity index (χ1n) is 5.72. The number of ketones is 1. The van der Waals surface area contributed by atoms with Gasteiger partial charge in [-0.1, -0.05) is 30.7 Å². The number of hydrogen-bond acceptors (Lipinski definition) is 2. The van der Waals surface area contributed by atoms with E-state index in [1.165, 1.54) is 6.07 Å². The van der Waals surface area contributed by atoms with Gasteiger partial charge < -0.3 is 5.73 Å². The first-order chi connectivity index (χ1) is 7.95. The third-order valence-corrected chi connectivity index (χ3v) is 3.76. The fraction of sp³-hybridized carbons (Fsp3) is 0.462. The van der Waals surface area contributed by atoms with E-state index in [1.54, 1.807) is 12.1 Å². The van der Waals surface area contributed by atoms with Crippen molar-refractivity contribution >= 4 is 17.4 Å². The van der Waals surface area contributed by atoms with Crippen LogP contribution in [0.25, 0.3) is 0 Å². The highest BCUT2D eigenvalue weighted by molar-refractivity contribution is 6.30. The molecule has 1 fully saturated rings. The van der Waals surface area contributed by atoms with E-state index in [-0.39, 0.29) is 16.4 Å². The molecule has 0 heterocycles. The summed E-state index contributed by atoms with van der Waals surface area (Å²) in [5.41, 5.74) is 5.14. The summed E-state index contributed by atoms with van der Waals surface area (Å²) in [4.78, 5) is 12.0. The second-order valence-corrected chi connectivity index (χ2v) is 5.25. The smallest absolute Gasteiger partial charge is 0.157 e. The zero-order valence-corrected chi connectivity index (χ0v) is 10.4. The molecule has 0 amide bonds. The van der Waals surface area contributed by atoms with Gasteiger partial charge in [0, 0.05) is 12.0 Å². The molecule has 1 aliphatic carbocycles. The largest absolute Gasteiger partial charge is 0.315 e. The molecule has 0 bridgehead atoms. The highest BCUT2D eigenvalue weighted by atomic mass is 35.5. The Bertz CT molecular complexity index is 463. The number of halogens is 2. The second kappa shape index (κ2) is 4.39. The molecule has 1 aromatic rings. The molecule has 2 atom stereocenters. The summed E-state index contributed by atoms with van der Waals surface area (Å²) in [5, 5.41) is 0.0124. The van der Waals surface area contributed by atoms with Gasteiger partial charge in [0.05, 0.1) is 5.02 Å². The van der Waals surface area contributed by atoms with Crippen LogP contribution < -0.4 is 5.73 Å². The molecule has 0 aliphatic heterocycles. The Kier molecular flexibility index (Phi) is 3.23. The van der Waals surface area contributed by atoms with Gasteiger partial charge in [-0.15, -0.1) is 0 Å². The average molecular weight is 256 g/mol. The SMILES string of the molecule is C[C@H]1CCC(=O)C(N)(c2cccc(Cl)c2F)C1. The monoisotopic (exact) mass is 255 g/mol. The van der Waals surface area contributed by atoms with Crippen LogP contribution in [0, 0.1) is 11.7 Å². The van der Waals surface area contributed by atoms with Crippen LogP contribution in [0.2, 0.25) is 5.02 Å². The summed E-state index contributed by atoms with van der Waals surface area (Å²) in [7, 11) is 0. The maximum atomic E-state index is 14.0. The van der Waals surface area contributed by atoms with E-state index >= 15 is 0 Å². The predicted molar refractivity (Wildman–Crippen MR) is 65.3 cm³/mol. The molecule has 0 radical (unpaired) electrons. The fourth-order valence-electron chi connectivity index (χ4n) is 2.47. The number of carbonyl (C=O) groups excluding carboxylic acids is 1. The molecule has 1 saturated carbocycles. The second-order valence-electron chi connectivity index (χ2n) is 4.84. The number of nitrogens with two attached hydrogens (primary N) is 1. The molecule has 2 rings (SSSR count). The van der Waals surface area contributed by atoms with Gasteiger partial charge in [-0.2, -0.15) is 0 Å². The van der Waals surface area contributed by atoms with Gasteiger partial charge in [0.2, 0.25) is 0 Å². The summed E-state index contributed by atoms with van der Waals surface area (Å²) < 4.78 is 14.0. The lowest BCUT2D eigenvalue weighted by Crippen LogP contribution is -2.49. The maximum Gasteiger partial charge on any atom is 0.157 e. The van der Waals surface area contributed by atoms with E-state index in [0.29, 0.717) is 18.8 Å². The zero-order chi connectivity index (χ0) is 12.6. The first-order valence-corrected chi connectivity index (χ1v) is 6.09. The molecular formula is C13H15ClFNO. The van der Waals surface area contributed by atoms with Gasteiger partial charge in [0.25, 0.3) is 0 Å². The molecular weight excluding hydrogens is 241 g/mol. The molecule has 1 unspecified atom stereocenters. The summed E-state index contributed by atoms with van der Waals surface area (Å²) in [6.07, 6.45) is 1.70. The predicted octanol–water partition coefficient (Wildman–Crippen LogP) is 3.02. The minimum absolute atomic E-state index is 0.0124. The third-order valence-electron chi connectivity index (χ3n) is 3.46. The molecule has 0 saturated heterocycles. The van der Waals surface area contributed by atoms with Crippen molar-refractivity contribution in [2.24, 2.45) is 11.7 Å². The third kappa shape index (κ3) is 2.09. The summed E-state index contributed by atoms with van der Waals surface area (Å²) in [6, 6.07) is 4.64. The Morgan fingerprint density at radius 2 is 2.24 bits per heavy atom.